The van der Waals surface area contributed by atoms with Gasteiger partial charge in [0, 0.05) is 37.7 Å². The number of alkyl halides is 2. The van der Waals surface area contributed by atoms with E-state index in [0.717, 1.165) is 19.4 Å². The van der Waals surface area contributed by atoms with E-state index in [-0.39, 0.29) is 30.0 Å². The highest BCUT2D eigenvalue weighted by Gasteiger charge is 2.22. The number of para-hydroxylation sites is 1. The summed E-state index contributed by atoms with van der Waals surface area (Å²) in [5, 5.41) is 6.26. The van der Waals surface area contributed by atoms with Gasteiger partial charge in [0.25, 0.3) is 0 Å². The Labute approximate surface area is 183 Å². The molecule has 1 fully saturated rings. The molecular weight excluding hydrogens is 406 g/mol. The SMILES string of the molecule is CCNC(=NCc1cccc(OCC)c1OC(F)F)NCCC(=O)N1CCCCC1C. The normalized spacial score (nSPS) is 16.9. The standard InChI is InChI=1S/C22H34F2N4O3/c1-4-25-22(26-13-12-19(29)28-14-7-6-9-16(28)3)27-15-17-10-8-11-18(30-5-2)20(17)31-21(23)24/h8,10-11,16,21H,4-7,9,12-15H2,1-3H3,(H2,25,26,27). The van der Waals surface area contributed by atoms with Crippen LogP contribution >= 0.6 is 0 Å². The molecule has 0 aliphatic carbocycles. The van der Waals surface area contributed by atoms with Crippen molar-refractivity contribution in [2.75, 3.05) is 26.2 Å². The second kappa shape index (κ2) is 13.0. The van der Waals surface area contributed by atoms with Crippen LogP contribution in [0.5, 0.6) is 11.5 Å². The maximum atomic E-state index is 12.9. The summed E-state index contributed by atoms with van der Waals surface area (Å²) in [6.07, 6.45) is 3.64. The Bertz CT molecular complexity index is 731. The van der Waals surface area contributed by atoms with Crippen molar-refractivity contribution in [1.29, 1.82) is 0 Å². The topological polar surface area (TPSA) is 75.2 Å². The second-order valence-electron chi connectivity index (χ2n) is 7.36. The van der Waals surface area contributed by atoms with E-state index >= 15 is 0 Å². The van der Waals surface area contributed by atoms with Crippen molar-refractivity contribution in [2.24, 2.45) is 4.99 Å². The Morgan fingerprint density at radius 1 is 1.29 bits per heavy atom. The molecule has 2 N–H and O–H groups in total. The van der Waals surface area contributed by atoms with E-state index in [1.54, 1.807) is 25.1 Å². The zero-order valence-corrected chi connectivity index (χ0v) is 18.6. The number of hydrogen-bond donors (Lipinski definition) is 2. The molecule has 9 heteroatoms. The second-order valence-corrected chi connectivity index (χ2v) is 7.36. The average molecular weight is 441 g/mol. The Morgan fingerprint density at radius 3 is 2.77 bits per heavy atom. The molecule has 1 unspecified atom stereocenters. The predicted octanol–water partition coefficient (Wildman–Crippen LogP) is 3.53. The molecule has 0 saturated carbocycles. The van der Waals surface area contributed by atoms with Gasteiger partial charge in [-0.3, -0.25) is 4.79 Å². The van der Waals surface area contributed by atoms with Crippen LogP contribution in [0.4, 0.5) is 8.78 Å². The van der Waals surface area contributed by atoms with Gasteiger partial charge in [0.1, 0.15) is 0 Å². The fourth-order valence-electron chi connectivity index (χ4n) is 3.58. The highest BCUT2D eigenvalue weighted by Crippen LogP contribution is 2.33. The van der Waals surface area contributed by atoms with Gasteiger partial charge in [-0.2, -0.15) is 8.78 Å². The van der Waals surface area contributed by atoms with E-state index in [1.807, 2.05) is 11.8 Å². The summed E-state index contributed by atoms with van der Waals surface area (Å²) < 4.78 is 35.9. The number of guanidine groups is 1. The number of amides is 1. The van der Waals surface area contributed by atoms with E-state index < -0.39 is 6.61 Å². The first-order chi connectivity index (χ1) is 15.0. The van der Waals surface area contributed by atoms with Crippen LogP contribution in [0.2, 0.25) is 0 Å². The van der Waals surface area contributed by atoms with Crippen molar-refractivity contribution in [2.45, 2.75) is 65.7 Å². The molecule has 0 radical (unpaired) electrons. The molecule has 7 nitrogen and oxygen atoms in total. The molecule has 174 valence electrons. The Hall–Kier alpha value is -2.58. The summed E-state index contributed by atoms with van der Waals surface area (Å²) in [5.41, 5.74) is 0.488. The van der Waals surface area contributed by atoms with E-state index in [4.69, 9.17) is 9.47 Å². The van der Waals surface area contributed by atoms with Gasteiger partial charge in [0.2, 0.25) is 5.91 Å². The Morgan fingerprint density at radius 2 is 2.10 bits per heavy atom. The van der Waals surface area contributed by atoms with Crippen LogP contribution in [0.3, 0.4) is 0 Å². The number of carbonyl (C=O) groups is 1. The summed E-state index contributed by atoms with van der Waals surface area (Å²) in [5.74, 6) is 0.891. The van der Waals surface area contributed by atoms with E-state index in [2.05, 4.69) is 22.5 Å². The minimum atomic E-state index is -2.96. The number of halogens is 2. The monoisotopic (exact) mass is 440 g/mol. The molecule has 2 rings (SSSR count). The smallest absolute Gasteiger partial charge is 0.387 e. The summed E-state index contributed by atoms with van der Waals surface area (Å²) >= 11 is 0. The summed E-state index contributed by atoms with van der Waals surface area (Å²) in [6.45, 7) is 5.17. The third kappa shape index (κ3) is 7.88. The van der Waals surface area contributed by atoms with Crippen LogP contribution in [-0.4, -0.2) is 55.7 Å². The average Bonchev–Trinajstić information content (AvgIpc) is 2.73. The molecule has 0 aromatic heterocycles. The summed E-state index contributed by atoms with van der Waals surface area (Å²) in [7, 11) is 0. The highest BCUT2D eigenvalue weighted by molar-refractivity contribution is 5.81. The maximum absolute atomic E-state index is 12.9. The lowest BCUT2D eigenvalue weighted by atomic mass is 10.0. The first-order valence-corrected chi connectivity index (χ1v) is 11.0. The minimum absolute atomic E-state index is 0.00628. The van der Waals surface area contributed by atoms with Crippen LogP contribution in [-0.2, 0) is 11.3 Å². The van der Waals surface area contributed by atoms with Gasteiger partial charge >= 0.3 is 6.61 Å². The van der Waals surface area contributed by atoms with Crippen molar-refractivity contribution >= 4 is 11.9 Å². The van der Waals surface area contributed by atoms with Gasteiger partial charge < -0.3 is 25.0 Å². The molecule has 1 heterocycles. The number of piperidine rings is 1. The van der Waals surface area contributed by atoms with E-state index in [9.17, 15) is 13.6 Å². The lowest BCUT2D eigenvalue weighted by Gasteiger charge is -2.33. The van der Waals surface area contributed by atoms with Crippen molar-refractivity contribution in [3.8, 4) is 11.5 Å². The first-order valence-electron chi connectivity index (χ1n) is 11.0. The lowest BCUT2D eigenvalue weighted by molar-refractivity contribution is -0.134. The maximum Gasteiger partial charge on any atom is 0.387 e. The largest absolute Gasteiger partial charge is 0.490 e. The number of likely N-dealkylation sites (tertiary alicyclic amines) is 1. The molecule has 0 spiro atoms. The predicted molar refractivity (Wildman–Crippen MR) is 117 cm³/mol. The quantitative estimate of drug-likeness (QED) is 0.430. The Kier molecular flexibility index (Phi) is 10.3. The van der Waals surface area contributed by atoms with Crippen LogP contribution in [0, 0.1) is 0 Å². The minimum Gasteiger partial charge on any atom is -0.490 e. The van der Waals surface area contributed by atoms with Crippen LogP contribution in [0.15, 0.2) is 23.2 Å². The van der Waals surface area contributed by atoms with Crippen molar-refractivity contribution < 1.29 is 23.0 Å². The zero-order chi connectivity index (χ0) is 22.6. The van der Waals surface area contributed by atoms with Gasteiger partial charge in [-0.15, -0.1) is 0 Å². The molecule has 0 bridgehead atoms. The third-order valence-corrected chi connectivity index (χ3v) is 5.07. The molecule has 1 atom stereocenters. The number of nitrogens with zero attached hydrogens (tertiary/aromatic N) is 2. The fraction of sp³-hybridized carbons (Fsp3) is 0.636. The highest BCUT2D eigenvalue weighted by atomic mass is 19.3. The Balaban J connectivity index is 2.00. The molecule has 1 aromatic carbocycles. The van der Waals surface area contributed by atoms with Crippen LogP contribution in [0.25, 0.3) is 0 Å². The number of aliphatic imine (C=N–C) groups is 1. The summed E-state index contributed by atoms with van der Waals surface area (Å²) in [6, 6.07) is 5.26. The van der Waals surface area contributed by atoms with Gasteiger partial charge in [0.05, 0.1) is 13.2 Å². The number of benzene rings is 1. The zero-order valence-electron chi connectivity index (χ0n) is 18.6. The molecule has 31 heavy (non-hydrogen) atoms. The number of hydrogen-bond acceptors (Lipinski definition) is 4. The van der Waals surface area contributed by atoms with E-state index in [1.165, 1.54) is 6.42 Å². The number of carbonyl (C=O) groups excluding carboxylic acids is 1. The van der Waals surface area contributed by atoms with Gasteiger partial charge in [0.15, 0.2) is 17.5 Å². The molecular formula is C22H34F2N4O3. The number of rotatable bonds is 10. The van der Waals surface area contributed by atoms with Gasteiger partial charge in [-0.05, 0) is 46.1 Å². The van der Waals surface area contributed by atoms with Gasteiger partial charge in [-0.25, -0.2) is 4.99 Å². The molecule has 1 amide bonds. The first kappa shape index (κ1) is 24.7. The number of nitrogens with one attached hydrogen (secondary N) is 2. The third-order valence-electron chi connectivity index (χ3n) is 5.07. The van der Waals surface area contributed by atoms with Crippen LogP contribution < -0.4 is 20.1 Å². The van der Waals surface area contributed by atoms with Crippen molar-refractivity contribution in [3.05, 3.63) is 23.8 Å². The fourth-order valence-corrected chi connectivity index (χ4v) is 3.58. The molecule has 1 aromatic rings. The van der Waals surface area contributed by atoms with Crippen molar-refractivity contribution in [3.63, 3.8) is 0 Å². The van der Waals surface area contributed by atoms with Crippen molar-refractivity contribution in [1.82, 2.24) is 15.5 Å². The molecule has 1 saturated heterocycles. The van der Waals surface area contributed by atoms with Crippen LogP contribution in [0.1, 0.15) is 52.0 Å². The number of ether oxygens (including phenoxy) is 2. The van der Waals surface area contributed by atoms with E-state index in [0.29, 0.717) is 37.6 Å². The molecule has 1 aliphatic rings. The molecule has 1 aliphatic heterocycles. The lowest BCUT2D eigenvalue weighted by Crippen LogP contribution is -2.44. The summed E-state index contributed by atoms with van der Waals surface area (Å²) in [4.78, 5) is 18.9. The van der Waals surface area contributed by atoms with Gasteiger partial charge in [-0.1, -0.05) is 12.1 Å².